The van der Waals surface area contributed by atoms with Gasteiger partial charge < -0.3 is 0 Å². The molecule has 268 valence electrons. The molecule has 2 aliphatic carbocycles. The summed E-state index contributed by atoms with van der Waals surface area (Å²) in [7, 11) is 0. The molecule has 2 fully saturated rings. The molecule has 4 nitrogen and oxygen atoms in total. The van der Waals surface area contributed by atoms with Crippen LogP contribution < -0.4 is 0 Å². The lowest BCUT2D eigenvalue weighted by atomic mass is 9.54. The standard InChI is InChI=1S/C51H44N4/c1-34-27-37-28-35(2)31-51(30-34,32-37)43-23-21-38(22-24-43)44-25-26-45(47(40-16-8-4-9-17-40)46(44)39-14-6-3-7-15-39)50-54-48(41-18-10-5-11-19-41)53-49(55-50)42-20-12-13-36(29-42)33-52/h3-26,29,34-35,37H,27-28,30-32H2,1-2H3/t34-,35+,37?,51?. The van der Waals surface area contributed by atoms with Gasteiger partial charge in [0.2, 0.25) is 0 Å². The van der Waals surface area contributed by atoms with Crippen LogP contribution in [0.2, 0.25) is 0 Å². The molecule has 7 aromatic rings. The zero-order valence-electron chi connectivity index (χ0n) is 31.5. The molecule has 0 N–H and O–H groups in total. The van der Waals surface area contributed by atoms with Gasteiger partial charge in [-0.2, -0.15) is 5.26 Å². The van der Waals surface area contributed by atoms with Crippen LogP contribution >= 0.6 is 0 Å². The van der Waals surface area contributed by atoms with Crippen LogP contribution in [0.5, 0.6) is 0 Å². The topological polar surface area (TPSA) is 62.5 Å². The van der Waals surface area contributed by atoms with E-state index in [0.717, 1.165) is 56.7 Å². The molecular formula is C51H44N4. The molecule has 55 heavy (non-hydrogen) atoms. The van der Waals surface area contributed by atoms with Crippen molar-refractivity contribution in [2.45, 2.75) is 51.4 Å². The Balaban J connectivity index is 1.26. The van der Waals surface area contributed by atoms with Gasteiger partial charge in [0.05, 0.1) is 11.6 Å². The Bertz CT molecular complexity index is 2480. The summed E-state index contributed by atoms with van der Waals surface area (Å²) >= 11 is 0. The van der Waals surface area contributed by atoms with Crippen LogP contribution in [0.15, 0.2) is 152 Å². The fraction of sp³-hybridized carbons (Fsp3) is 0.216. The molecule has 9 rings (SSSR count). The minimum atomic E-state index is 0.277. The van der Waals surface area contributed by atoms with E-state index in [9.17, 15) is 5.26 Å². The zero-order chi connectivity index (χ0) is 37.4. The summed E-state index contributed by atoms with van der Waals surface area (Å²) in [4.78, 5) is 15.3. The summed E-state index contributed by atoms with van der Waals surface area (Å²) in [5, 5.41) is 9.73. The molecule has 0 spiro atoms. The molecule has 2 bridgehead atoms. The Morgan fingerprint density at radius 2 is 1.00 bits per heavy atom. The largest absolute Gasteiger partial charge is 0.208 e. The first kappa shape index (κ1) is 34.6. The minimum absolute atomic E-state index is 0.277. The van der Waals surface area contributed by atoms with Crippen molar-refractivity contribution in [2.75, 3.05) is 0 Å². The molecule has 0 aliphatic heterocycles. The van der Waals surface area contributed by atoms with Crippen molar-refractivity contribution < 1.29 is 0 Å². The van der Waals surface area contributed by atoms with Gasteiger partial charge in [-0.25, -0.2) is 15.0 Å². The van der Waals surface area contributed by atoms with Crippen molar-refractivity contribution >= 4 is 0 Å². The van der Waals surface area contributed by atoms with Gasteiger partial charge in [0, 0.05) is 22.3 Å². The highest BCUT2D eigenvalue weighted by Crippen LogP contribution is 2.54. The van der Waals surface area contributed by atoms with Crippen LogP contribution in [-0.4, -0.2) is 15.0 Å². The van der Waals surface area contributed by atoms with Crippen LogP contribution in [0.3, 0.4) is 0 Å². The van der Waals surface area contributed by atoms with Gasteiger partial charge in [0.25, 0.3) is 0 Å². The maximum atomic E-state index is 9.73. The van der Waals surface area contributed by atoms with Gasteiger partial charge in [0.15, 0.2) is 17.5 Å². The van der Waals surface area contributed by atoms with E-state index in [4.69, 9.17) is 15.0 Å². The summed E-state index contributed by atoms with van der Waals surface area (Å²) in [6.07, 6.45) is 6.65. The molecule has 6 aromatic carbocycles. The summed E-state index contributed by atoms with van der Waals surface area (Å²) in [5.41, 5.74) is 11.7. The Morgan fingerprint density at radius 1 is 0.491 bits per heavy atom. The lowest BCUT2D eigenvalue weighted by molar-refractivity contribution is 0.0780. The maximum Gasteiger partial charge on any atom is 0.164 e. The van der Waals surface area contributed by atoms with E-state index in [1.807, 2.05) is 48.5 Å². The van der Waals surface area contributed by atoms with Crippen molar-refractivity contribution in [3.63, 3.8) is 0 Å². The summed E-state index contributed by atoms with van der Waals surface area (Å²) < 4.78 is 0. The number of hydrogen-bond donors (Lipinski definition) is 0. The summed E-state index contributed by atoms with van der Waals surface area (Å²) in [6.45, 7) is 4.93. The third-order valence-electron chi connectivity index (χ3n) is 11.9. The van der Waals surface area contributed by atoms with Gasteiger partial charge in [-0.3, -0.25) is 0 Å². The number of fused-ring (bicyclic) bond motifs is 2. The quantitative estimate of drug-likeness (QED) is 0.165. The molecule has 0 radical (unpaired) electrons. The van der Waals surface area contributed by atoms with E-state index in [1.54, 1.807) is 6.07 Å². The zero-order valence-corrected chi connectivity index (χ0v) is 31.5. The third-order valence-corrected chi connectivity index (χ3v) is 11.9. The predicted octanol–water partition coefficient (Wildman–Crippen LogP) is 12.8. The van der Waals surface area contributed by atoms with Crippen molar-refractivity contribution in [1.29, 1.82) is 5.26 Å². The molecule has 4 heteroatoms. The average molecular weight is 713 g/mol. The van der Waals surface area contributed by atoms with Gasteiger partial charge in [-0.15, -0.1) is 0 Å². The van der Waals surface area contributed by atoms with E-state index in [0.29, 0.717) is 23.0 Å². The van der Waals surface area contributed by atoms with Crippen LogP contribution in [0.25, 0.3) is 67.5 Å². The van der Waals surface area contributed by atoms with Crippen molar-refractivity contribution in [2.24, 2.45) is 17.8 Å². The molecule has 2 unspecified atom stereocenters. The Kier molecular flexibility index (Phi) is 9.16. The van der Waals surface area contributed by atoms with Crippen LogP contribution in [0.4, 0.5) is 0 Å². The number of rotatable bonds is 7. The molecule has 2 aliphatic rings. The van der Waals surface area contributed by atoms with Crippen molar-refractivity contribution in [1.82, 2.24) is 15.0 Å². The summed E-state index contributed by atoms with van der Waals surface area (Å²) in [5.74, 6) is 4.06. The molecule has 0 saturated heterocycles. The SMILES string of the molecule is C[C@@H]1CC2C[C@H](C)CC(c3ccc(-c4ccc(-c5nc(-c6ccccc6)nc(-c6cccc(C#N)c6)n5)c(-c5ccccc5)c4-c4ccccc4)cc3)(C2)C1. The molecule has 1 heterocycles. The first-order valence-electron chi connectivity index (χ1n) is 19.7. The summed E-state index contributed by atoms with van der Waals surface area (Å²) in [6, 6.07) is 55.2. The number of benzene rings is 6. The lowest BCUT2D eigenvalue weighted by Crippen LogP contribution is -2.42. The monoisotopic (exact) mass is 712 g/mol. The predicted molar refractivity (Wildman–Crippen MR) is 224 cm³/mol. The van der Waals surface area contributed by atoms with E-state index in [2.05, 4.69) is 117 Å². The van der Waals surface area contributed by atoms with Gasteiger partial charge >= 0.3 is 0 Å². The van der Waals surface area contributed by atoms with E-state index in [-0.39, 0.29) is 5.41 Å². The van der Waals surface area contributed by atoms with Crippen LogP contribution in [0, 0.1) is 29.1 Å². The normalized spacial score (nSPS) is 20.4. The highest BCUT2D eigenvalue weighted by atomic mass is 15.0. The Labute approximate surface area is 324 Å². The lowest BCUT2D eigenvalue weighted by Gasteiger charge is -2.50. The number of hydrogen-bond acceptors (Lipinski definition) is 4. The first-order chi connectivity index (χ1) is 27.0. The Hall–Kier alpha value is -6.18. The molecular weight excluding hydrogens is 669 g/mol. The van der Waals surface area contributed by atoms with Gasteiger partial charge in [-0.05, 0) is 107 Å². The van der Waals surface area contributed by atoms with Crippen molar-refractivity contribution in [3.8, 4) is 73.6 Å². The fourth-order valence-electron chi connectivity index (χ4n) is 9.97. The number of nitrogens with zero attached hydrogens (tertiary/aromatic N) is 4. The molecule has 4 atom stereocenters. The first-order valence-corrected chi connectivity index (χ1v) is 19.7. The highest BCUT2D eigenvalue weighted by molar-refractivity contribution is 6.01. The van der Waals surface area contributed by atoms with E-state index >= 15 is 0 Å². The smallest absolute Gasteiger partial charge is 0.164 e. The fourth-order valence-corrected chi connectivity index (χ4v) is 9.97. The number of aromatic nitrogens is 3. The van der Waals surface area contributed by atoms with Crippen molar-refractivity contribution in [3.05, 3.63) is 163 Å². The second kappa shape index (κ2) is 14.6. The molecule has 0 amide bonds. The van der Waals surface area contributed by atoms with E-state index < -0.39 is 0 Å². The molecule has 1 aromatic heterocycles. The van der Waals surface area contributed by atoms with Gasteiger partial charge in [-0.1, -0.05) is 147 Å². The molecule has 2 saturated carbocycles. The third kappa shape index (κ3) is 6.77. The maximum absolute atomic E-state index is 9.73. The minimum Gasteiger partial charge on any atom is -0.208 e. The Morgan fingerprint density at radius 3 is 1.60 bits per heavy atom. The second-order valence-electron chi connectivity index (χ2n) is 16.0. The van der Waals surface area contributed by atoms with Crippen LogP contribution in [-0.2, 0) is 5.41 Å². The van der Waals surface area contributed by atoms with Crippen LogP contribution in [0.1, 0.15) is 57.1 Å². The highest BCUT2D eigenvalue weighted by Gasteiger charge is 2.45. The van der Waals surface area contributed by atoms with E-state index in [1.165, 1.54) is 48.8 Å². The number of nitriles is 1. The second-order valence-corrected chi connectivity index (χ2v) is 16.0. The average Bonchev–Trinajstić information content (AvgIpc) is 3.23. The van der Waals surface area contributed by atoms with Gasteiger partial charge in [0.1, 0.15) is 0 Å².